The van der Waals surface area contributed by atoms with Gasteiger partial charge in [0.15, 0.2) is 0 Å². The molecule has 142 valence electrons. The van der Waals surface area contributed by atoms with Gasteiger partial charge >= 0.3 is 6.36 Å². The Morgan fingerprint density at radius 1 is 1.22 bits per heavy atom. The van der Waals surface area contributed by atoms with Crippen LogP contribution >= 0.6 is 0 Å². The van der Waals surface area contributed by atoms with Gasteiger partial charge in [0, 0.05) is 37.3 Å². The lowest BCUT2D eigenvalue weighted by molar-refractivity contribution is -0.274. The fourth-order valence-corrected chi connectivity index (χ4v) is 3.28. The number of anilines is 1. The molecule has 1 fully saturated rings. The quantitative estimate of drug-likeness (QED) is 0.749. The molecule has 0 bridgehead atoms. The first kappa shape index (κ1) is 17.6. The van der Waals surface area contributed by atoms with Crippen molar-refractivity contribution in [1.82, 2.24) is 15.2 Å². The fourth-order valence-electron chi connectivity index (χ4n) is 3.28. The number of rotatable bonds is 4. The summed E-state index contributed by atoms with van der Waals surface area (Å²) in [6, 6.07) is 7.76. The minimum absolute atomic E-state index is 0.170. The molecule has 1 aliphatic rings. The van der Waals surface area contributed by atoms with Gasteiger partial charge in [-0.15, -0.1) is 13.2 Å². The van der Waals surface area contributed by atoms with Crippen molar-refractivity contribution in [3.8, 4) is 17.0 Å². The second-order valence-electron chi connectivity index (χ2n) is 6.32. The molecule has 1 N–H and O–H groups in total. The minimum atomic E-state index is -4.74. The van der Waals surface area contributed by atoms with E-state index in [1.807, 2.05) is 6.07 Å². The molecule has 1 atom stereocenters. The summed E-state index contributed by atoms with van der Waals surface area (Å²) in [5.41, 5.74) is 1.93. The van der Waals surface area contributed by atoms with Gasteiger partial charge < -0.3 is 14.4 Å². The van der Waals surface area contributed by atoms with E-state index < -0.39 is 6.36 Å². The number of halogens is 3. The summed E-state index contributed by atoms with van der Waals surface area (Å²) in [5, 5.41) is 7.66. The molecular formula is C18H17F3N4O2. The van der Waals surface area contributed by atoms with Crippen LogP contribution in [0, 0.1) is 0 Å². The van der Waals surface area contributed by atoms with Crippen LogP contribution in [-0.2, 0) is 4.74 Å². The summed E-state index contributed by atoms with van der Waals surface area (Å²) < 4.78 is 46.9. The summed E-state index contributed by atoms with van der Waals surface area (Å²) in [6.45, 7) is 1.58. The second kappa shape index (κ2) is 6.73. The van der Waals surface area contributed by atoms with E-state index in [-0.39, 0.29) is 11.9 Å². The van der Waals surface area contributed by atoms with Crippen LogP contribution in [-0.4, -0.2) is 47.8 Å². The monoisotopic (exact) mass is 378 g/mol. The zero-order valence-electron chi connectivity index (χ0n) is 14.5. The Kier molecular flexibility index (Phi) is 4.39. The van der Waals surface area contributed by atoms with Gasteiger partial charge in [-0.2, -0.15) is 5.10 Å². The molecule has 0 aliphatic carbocycles. The van der Waals surface area contributed by atoms with Gasteiger partial charge in [-0.25, -0.2) is 4.98 Å². The average molecular weight is 378 g/mol. The van der Waals surface area contributed by atoms with E-state index in [2.05, 4.69) is 24.8 Å². The maximum Gasteiger partial charge on any atom is 0.573 e. The zero-order valence-corrected chi connectivity index (χ0v) is 14.5. The van der Waals surface area contributed by atoms with Crippen molar-refractivity contribution in [3.05, 3.63) is 36.5 Å². The molecule has 1 aromatic carbocycles. The molecule has 4 rings (SSSR count). The molecule has 1 aliphatic heterocycles. The van der Waals surface area contributed by atoms with Crippen molar-refractivity contribution in [1.29, 1.82) is 0 Å². The summed E-state index contributed by atoms with van der Waals surface area (Å²) in [4.78, 5) is 6.52. The molecule has 0 amide bonds. The highest BCUT2D eigenvalue weighted by atomic mass is 19.4. The number of pyridine rings is 1. The van der Waals surface area contributed by atoms with Crippen LogP contribution in [0.25, 0.3) is 22.2 Å². The Balaban J connectivity index is 1.68. The number of nitrogens with one attached hydrogen (secondary N) is 1. The maximum absolute atomic E-state index is 12.5. The molecule has 3 aromatic rings. The second-order valence-corrected chi connectivity index (χ2v) is 6.32. The van der Waals surface area contributed by atoms with Crippen molar-refractivity contribution in [2.45, 2.75) is 18.9 Å². The molecule has 27 heavy (non-hydrogen) atoms. The van der Waals surface area contributed by atoms with Crippen molar-refractivity contribution >= 4 is 16.7 Å². The molecule has 6 nitrogen and oxygen atoms in total. The number of alkyl halides is 3. The molecule has 1 saturated heterocycles. The van der Waals surface area contributed by atoms with Gasteiger partial charge in [-0.05, 0) is 36.8 Å². The molecule has 0 unspecified atom stereocenters. The van der Waals surface area contributed by atoms with Crippen LogP contribution in [0.4, 0.5) is 19.0 Å². The smallest absolute Gasteiger partial charge is 0.406 e. The first-order valence-corrected chi connectivity index (χ1v) is 8.41. The fraction of sp³-hybridized carbons (Fsp3) is 0.333. The van der Waals surface area contributed by atoms with Crippen LogP contribution in [0.2, 0.25) is 0 Å². The molecule has 0 saturated carbocycles. The van der Waals surface area contributed by atoms with Crippen LogP contribution in [0.15, 0.2) is 36.5 Å². The van der Waals surface area contributed by atoms with E-state index in [9.17, 15) is 13.2 Å². The van der Waals surface area contributed by atoms with Crippen LogP contribution in [0.1, 0.15) is 6.42 Å². The molecule has 2 aromatic heterocycles. The van der Waals surface area contributed by atoms with Crippen molar-refractivity contribution in [3.63, 3.8) is 0 Å². The Morgan fingerprint density at radius 3 is 2.81 bits per heavy atom. The van der Waals surface area contributed by atoms with Gasteiger partial charge in [0.05, 0.1) is 11.6 Å². The zero-order chi connectivity index (χ0) is 19.0. The van der Waals surface area contributed by atoms with Gasteiger partial charge in [0.2, 0.25) is 0 Å². The predicted octanol–water partition coefficient (Wildman–Crippen LogP) is 3.75. The number of nitrogens with zero attached hydrogens (tertiary/aromatic N) is 3. The van der Waals surface area contributed by atoms with E-state index in [1.165, 1.54) is 18.2 Å². The standard InChI is InChI=1S/C18H17F3N4O2/c1-26-13-5-7-25(10-13)16-8-11(4-6-22-16)17-14-9-12(27-18(19,20)21)2-3-15(14)23-24-17/h2-4,6,8-9,13H,5,7,10H2,1H3,(H,23,24)/t13-/m1/s1. The molecule has 0 spiro atoms. The number of hydrogen-bond donors (Lipinski definition) is 1. The van der Waals surface area contributed by atoms with E-state index >= 15 is 0 Å². The first-order chi connectivity index (χ1) is 12.9. The van der Waals surface area contributed by atoms with Crippen LogP contribution < -0.4 is 9.64 Å². The Hall–Kier alpha value is -2.81. The van der Waals surface area contributed by atoms with Crippen LogP contribution in [0.5, 0.6) is 5.75 Å². The number of H-pyrrole nitrogens is 1. The van der Waals surface area contributed by atoms with E-state index in [0.29, 0.717) is 16.6 Å². The average Bonchev–Trinajstić information content (AvgIpc) is 3.27. The number of aromatic amines is 1. The van der Waals surface area contributed by atoms with Gasteiger partial charge in [0.1, 0.15) is 17.3 Å². The molecular weight excluding hydrogens is 361 g/mol. The van der Waals surface area contributed by atoms with E-state index in [0.717, 1.165) is 30.9 Å². The first-order valence-electron chi connectivity index (χ1n) is 8.41. The lowest BCUT2D eigenvalue weighted by Crippen LogP contribution is -2.23. The van der Waals surface area contributed by atoms with Crippen LogP contribution in [0.3, 0.4) is 0 Å². The lowest BCUT2D eigenvalue weighted by Gasteiger charge is -2.17. The number of benzene rings is 1. The molecule has 3 heterocycles. The summed E-state index contributed by atoms with van der Waals surface area (Å²) >= 11 is 0. The van der Waals surface area contributed by atoms with E-state index in [1.54, 1.807) is 19.4 Å². The topological polar surface area (TPSA) is 63.3 Å². The highest BCUT2D eigenvalue weighted by molar-refractivity contribution is 5.94. The largest absolute Gasteiger partial charge is 0.573 e. The Bertz CT molecular complexity index is 957. The van der Waals surface area contributed by atoms with Gasteiger partial charge in [-0.1, -0.05) is 0 Å². The number of methoxy groups -OCH3 is 1. The molecule has 9 heteroatoms. The lowest BCUT2D eigenvalue weighted by atomic mass is 10.1. The number of aromatic nitrogens is 3. The third-order valence-corrected chi connectivity index (χ3v) is 4.59. The Morgan fingerprint density at radius 2 is 2.07 bits per heavy atom. The number of ether oxygens (including phenoxy) is 2. The SMILES string of the molecule is CO[C@@H]1CCN(c2cc(-c3n[nH]c4ccc(OC(F)(F)F)cc34)ccn2)C1. The van der Waals surface area contributed by atoms with Gasteiger partial charge in [0.25, 0.3) is 0 Å². The van der Waals surface area contributed by atoms with E-state index in [4.69, 9.17) is 4.74 Å². The number of hydrogen-bond acceptors (Lipinski definition) is 5. The number of fused-ring (bicyclic) bond motifs is 1. The normalized spacial score (nSPS) is 17.6. The third-order valence-electron chi connectivity index (χ3n) is 4.59. The minimum Gasteiger partial charge on any atom is -0.406 e. The predicted molar refractivity (Wildman–Crippen MR) is 93.6 cm³/mol. The molecule has 0 radical (unpaired) electrons. The van der Waals surface area contributed by atoms with Gasteiger partial charge in [-0.3, -0.25) is 5.10 Å². The maximum atomic E-state index is 12.5. The highest BCUT2D eigenvalue weighted by Crippen LogP contribution is 2.33. The Labute approximate surface area is 152 Å². The van der Waals surface area contributed by atoms with Crippen molar-refractivity contribution < 1.29 is 22.6 Å². The highest BCUT2D eigenvalue weighted by Gasteiger charge is 2.31. The van der Waals surface area contributed by atoms with Crippen molar-refractivity contribution in [2.75, 3.05) is 25.1 Å². The summed E-state index contributed by atoms with van der Waals surface area (Å²) in [5.74, 6) is 0.500. The summed E-state index contributed by atoms with van der Waals surface area (Å²) in [6.07, 6.45) is -1.98. The van der Waals surface area contributed by atoms with Crippen molar-refractivity contribution in [2.24, 2.45) is 0 Å². The third kappa shape index (κ3) is 3.68. The summed E-state index contributed by atoms with van der Waals surface area (Å²) in [7, 11) is 1.69.